The summed E-state index contributed by atoms with van der Waals surface area (Å²) < 4.78 is 8.67. The second-order valence-corrected chi connectivity index (χ2v) is 16.2. The first-order chi connectivity index (χ1) is 20.6. The Balaban J connectivity index is 1.25. The van der Waals surface area contributed by atoms with Crippen molar-refractivity contribution in [2.45, 2.75) is 38.9 Å². The minimum atomic E-state index is -2.39. The van der Waals surface area contributed by atoms with Crippen LogP contribution in [0, 0.1) is 6.92 Å². The first kappa shape index (κ1) is 29.2. The van der Waals surface area contributed by atoms with Crippen molar-refractivity contribution in [2.24, 2.45) is 4.99 Å². The van der Waals surface area contributed by atoms with E-state index in [1.54, 1.807) is 18.4 Å². The Bertz CT molecular complexity index is 1860. The van der Waals surface area contributed by atoms with Crippen LogP contribution in [0.5, 0.6) is 5.75 Å². The molecule has 6 rings (SSSR count). The largest absolute Gasteiger partial charge is 0.497 e. The Morgan fingerprint density at radius 2 is 1.91 bits per heavy atom. The highest BCUT2D eigenvalue weighted by molar-refractivity contribution is 7.19. The van der Waals surface area contributed by atoms with Crippen LogP contribution in [0.15, 0.2) is 71.0 Å². The average molecular weight is 630 g/mol. The molecule has 8 nitrogen and oxygen atoms in total. The molecule has 1 atom stereocenters. The van der Waals surface area contributed by atoms with Crippen LogP contribution in [0.25, 0.3) is 15.8 Å². The number of benzene rings is 3. The molecular formula is C32H32ClN5O3SSi. The van der Waals surface area contributed by atoms with Gasteiger partial charge in [-0.15, -0.1) is 21.5 Å². The van der Waals surface area contributed by atoms with Gasteiger partial charge in [-0.2, -0.15) is 0 Å². The minimum absolute atomic E-state index is 0.115. The van der Waals surface area contributed by atoms with E-state index in [9.17, 15) is 9.59 Å². The fourth-order valence-corrected chi connectivity index (χ4v) is 8.79. The number of hydrogen-bond donors (Lipinski definition) is 2. The number of aliphatic imine (C=N–C) groups is 1. The second kappa shape index (κ2) is 11.7. The van der Waals surface area contributed by atoms with E-state index >= 15 is 0 Å². The number of hydrogen-bond acceptors (Lipinski definition) is 7. The van der Waals surface area contributed by atoms with Gasteiger partial charge in [0, 0.05) is 27.4 Å². The Labute approximate surface area is 260 Å². The number of carbonyl (C=O) groups is 1. The van der Waals surface area contributed by atoms with E-state index in [0.717, 1.165) is 43.4 Å². The van der Waals surface area contributed by atoms with Crippen molar-refractivity contribution in [3.05, 3.63) is 99.4 Å². The summed E-state index contributed by atoms with van der Waals surface area (Å²) in [6.45, 7) is 6.26. The number of rotatable bonds is 8. The molecule has 0 spiro atoms. The van der Waals surface area contributed by atoms with Crippen LogP contribution in [0.2, 0.25) is 18.1 Å². The number of thiophene rings is 1. The molecule has 220 valence electrons. The highest BCUT2D eigenvalue weighted by Gasteiger charge is 2.30. The lowest BCUT2D eigenvalue weighted by Gasteiger charge is -2.14. The second-order valence-electron chi connectivity index (χ2n) is 11.2. The van der Waals surface area contributed by atoms with Crippen molar-refractivity contribution in [1.82, 2.24) is 20.1 Å². The summed E-state index contributed by atoms with van der Waals surface area (Å²) in [6.07, 6.45) is 0.809. The zero-order chi connectivity index (χ0) is 30.3. The molecule has 0 aliphatic carbocycles. The van der Waals surface area contributed by atoms with Gasteiger partial charge in [0.05, 0.1) is 24.9 Å². The third-order valence-corrected chi connectivity index (χ3v) is 10.8. The lowest BCUT2D eigenvalue weighted by atomic mass is 10.00. The SMILES string of the molecule is COc1ccc2c(c1)C(c1ccc(Cl)cc1)=N[C@@H](CC(=O)NCCc1ccc3c([Si](C)(C)O)csc3c1)c1nnc(C)n1-2. The maximum atomic E-state index is 13.3. The van der Waals surface area contributed by atoms with Gasteiger partial charge in [0.1, 0.15) is 17.6 Å². The molecular weight excluding hydrogens is 598 g/mol. The van der Waals surface area contributed by atoms with Crippen molar-refractivity contribution in [2.75, 3.05) is 13.7 Å². The van der Waals surface area contributed by atoms with Gasteiger partial charge in [0.15, 0.2) is 5.82 Å². The van der Waals surface area contributed by atoms with Crippen LogP contribution in [-0.2, 0) is 11.2 Å². The van der Waals surface area contributed by atoms with E-state index in [2.05, 4.69) is 39.1 Å². The summed E-state index contributed by atoms with van der Waals surface area (Å²) in [5.74, 6) is 1.89. The maximum absolute atomic E-state index is 13.3. The van der Waals surface area contributed by atoms with Crippen molar-refractivity contribution in [3.8, 4) is 11.4 Å². The van der Waals surface area contributed by atoms with Crippen LogP contribution in [0.4, 0.5) is 0 Å². The molecule has 0 radical (unpaired) electrons. The minimum Gasteiger partial charge on any atom is -0.497 e. The standard InChI is InChI=1S/C32H32ClN5O3SSi/c1-19-36-37-32-26(17-30(39)34-14-13-20-5-11-24-28(15-20)42-18-29(24)43(3,4)40)35-31(21-6-8-22(33)9-7-21)25-16-23(41-2)10-12-27(25)38(19)32/h5-12,15-16,18,26,40H,13-14,17H2,1-4H3,(H,34,39)/t26-/m0/s1. The monoisotopic (exact) mass is 629 g/mol. The molecule has 0 saturated carbocycles. The molecule has 1 aliphatic rings. The third-order valence-electron chi connectivity index (χ3n) is 7.66. The van der Waals surface area contributed by atoms with Crippen molar-refractivity contribution in [1.29, 1.82) is 0 Å². The number of fused-ring (bicyclic) bond motifs is 4. The highest BCUT2D eigenvalue weighted by atomic mass is 35.5. The number of methoxy groups -OCH3 is 1. The van der Waals surface area contributed by atoms with Gasteiger partial charge in [0.2, 0.25) is 14.2 Å². The molecule has 1 aliphatic heterocycles. The van der Waals surface area contributed by atoms with Gasteiger partial charge in [-0.1, -0.05) is 35.9 Å². The van der Waals surface area contributed by atoms with E-state index in [0.29, 0.717) is 35.4 Å². The number of nitrogens with zero attached hydrogens (tertiary/aromatic N) is 4. The van der Waals surface area contributed by atoms with Gasteiger partial charge in [0.25, 0.3) is 0 Å². The Morgan fingerprint density at radius 3 is 2.65 bits per heavy atom. The third kappa shape index (κ3) is 5.88. The molecule has 43 heavy (non-hydrogen) atoms. The molecule has 0 bridgehead atoms. The summed E-state index contributed by atoms with van der Waals surface area (Å²) in [5, 5.41) is 16.8. The molecule has 1 amide bonds. The predicted molar refractivity (Wildman–Crippen MR) is 175 cm³/mol. The lowest BCUT2D eigenvalue weighted by Crippen LogP contribution is -2.40. The highest BCUT2D eigenvalue weighted by Crippen LogP contribution is 2.34. The maximum Gasteiger partial charge on any atom is 0.222 e. The van der Waals surface area contributed by atoms with Gasteiger partial charge >= 0.3 is 0 Å². The zero-order valence-corrected chi connectivity index (χ0v) is 27.0. The number of carbonyl (C=O) groups excluding carboxylic acids is 1. The fourth-order valence-electron chi connectivity index (χ4n) is 5.47. The predicted octanol–water partition coefficient (Wildman–Crippen LogP) is 5.50. The van der Waals surface area contributed by atoms with Crippen molar-refractivity contribution in [3.63, 3.8) is 0 Å². The van der Waals surface area contributed by atoms with E-state index in [-0.39, 0.29) is 12.3 Å². The Kier molecular flexibility index (Phi) is 7.95. The first-order valence-electron chi connectivity index (χ1n) is 14.1. The molecule has 0 fully saturated rings. The van der Waals surface area contributed by atoms with Gasteiger partial charge in [-0.25, -0.2) is 0 Å². The van der Waals surface area contributed by atoms with Crippen LogP contribution in [0.1, 0.15) is 40.8 Å². The number of ether oxygens (including phenoxy) is 1. The summed E-state index contributed by atoms with van der Waals surface area (Å²) in [7, 11) is -0.755. The molecule has 11 heteroatoms. The molecule has 3 aromatic carbocycles. The first-order valence-corrected chi connectivity index (χ1v) is 18.3. The average Bonchev–Trinajstić information content (AvgIpc) is 3.55. The number of nitrogens with one attached hydrogen (secondary N) is 1. The van der Waals surface area contributed by atoms with Gasteiger partial charge < -0.3 is 14.8 Å². The number of halogens is 1. The van der Waals surface area contributed by atoms with E-state index in [1.807, 2.05) is 67.0 Å². The summed E-state index contributed by atoms with van der Waals surface area (Å²) in [5.41, 5.74) is 4.46. The molecule has 0 saturated heterocycles. The molecule has 2 N–H and O–H groups in total. The van der Waals surface area contributed by atoms with E-state index < -0.39 is 14.4 Å². The van der Waals surface area contributed by atoms with Crippen molar-refractivity contribution >= 4 is 58.1 Å². The van der Waals surface area contributed by atoms with Crippen LogP contribution >= 0.6 is 22.9 Å². The summed E-state index contributed by atoms with van der Waals surface area (Å²) >= 11 is 7.86. The Morgan fingerprint density at radius 1 is 1.12 bits per heavy atom. The topological polar surface area (TPSA) is 102 Å². The van der Waals surface area contributed by atoms with Crippen molar-refractivity contribution < 1.29 is 14.3 Å². The molecule has 2 aromatic heterocycles. The number of aromatic nitrogens is 3. The lowest BCUT2D eigenvalue weighted by molar-refractivity contribution is -0.121. The number of amides is 1. The van der Waals surface area contributed by atoms with Gasteiger partial charge in [-0.05, 0) is 84.4 Å². The van der Waals surface area contributed by atoms with E-state index in [1.165, 1.54) is 0 Å². The van der Waals surface area contributed by atoms with Gasteiger partial charge in [-0.3, -0.25) is 14.4 Å². The molecule has 3 heterocycles. The smallest absolute Gasteiger partial charge is 0.222 e. The fraction of sp³-hybridized carbons (Fsp3) is 0.250. The normalized spacial score (nSPS) is 14.6. The summed E-state index contributed by atoms with van der Waals surface area (Å²) in [6, 6.07) is 19.1. The Hall–Kier alpha value is -3.83. The van der Waals surface area contributed by atoms with Crippen LogP contribution < -0.4 is 15.2 Å². The van der Waals surface area contributed by atoms with Crippen LogP contribution in [0.3, 0.4) is 0 Å². The van der Waals surface area contributed by atoms with E-state index in [4.69, 9.17) is 21.3 Å². The molecule has 5 aromatic rings. The number of aryl methyl sites for hydroxylation is 1. The quantitative estimate of drug-likeness (QED) is 0.221. The zero-order valence-electron chi connectivity index (χ0n) is 24.4. The summed E-state index contributed by atoms with van der Waals surface area (Å²) in [4.78, 5) is 29.0. The van der Waals surface area contributed by atoms with Crippen LogP contribution in [-0.4, -0.2) is 53.2 Å². The molecule has 0 unspecified atom stereocenters.